The molecule has 0 saturated carbocycles. The third kappa shape index (κ3) is 3.59. The fourth-order valence-electron chi connectivity index (χ4n) is 4.17. The number of ether oxygens (including phenoxy) is 6. The lowest BCUT2D eigenvalue weighted by atomic mass is 9.97. The smallest absolute Gasteiger partial charge is 0.231 e. The molecule has 2 aliphatic heterocycles. The minimum Gasteiger partial charge on any atom is -0.461 e. The first-order valence-electron chi connectivity index (χ1n) is 10.1. The predicted molar refractivity (Wildman–Crippen MR) is 113 cm³/mol. The van der Waals surface area contributed by atoms with Gasteiger partial charge in [-0.25, -0.2) is 0 Å². The normalized spacial score (nSPS) is 25.0. The van der Waals surface area contributed by atoms with Crippen molar-refractivity contribution in [2.45, 2.75) is 24.6 Å². The standard InChI is InChI=1S/C24H24O7/c1-26-21-12-28-24(22(25)23(21)27-2)31-18-10-8-15(16-5-3-4-6-17(16)18)14-7-9-19-20(11-14)30-13-29-19/h3-11,21-25H,12-13H2,1-2H3/t21-,22-,23+,24-/m1/s1. The van der Waals surface area contributed by atoms with Crippen LogP contribution in [-0.2, 0) is 14.2 Å². The zero-order valence-electron chi connectivity index (χ0n) is 17.3. The number of hydrogen-bond acceptors (Lipinski definition) is 7. The van der Waals surface area contributed by atoms with Crippen LogP contribution in [0, 0.1) is 0 Å². The summed E-state index contributed by atoms with van der Waals surface area (Å²) < 4.78 is 33.6. The van der Waals surface area contributed by atoms with E-state index in [1.807, 2.05) is 54.6 Å². The van der Waals surface area contributed by atoms with Crippen molar-refractivity contribution in [3.8, 4) is 28.4 Å². The van der Waals surface area contributed by atoms with Gasteiger partial charge in [0.25, 0.3) is 0 Å². The Labute approximate surface area is 180 Å². The topological polar surface area (TPSA) is 75.6 Å². The maximum Gasteiger partial charge on any atom is 0.231 e. The lowest BCUT2D eigenvalue weighted by molar-refractivity contribution is -0.251. The molecule has 31 heavy (non-hydrogen) atoms. The highest BCUT2D eigenvalue weighted by molar-refractivity contribution is 6.00. The van der Waals surface area contributed by atoms with E-state index in [-0.39, 0.29) is 19.5 Å². The van der Waals surface area contributed by atoms with Crippen LogP contribution >= 0.6 is 0 Å². The summed E-state index contributed by atoms with van der Waals surface area (Å²) in [5, 5.41) is 12.6. The molecule has 5 rings (SSSR count). The molecule has 0 radical (unpaired) electrons. The first kappa shape index (κ1) is 20.1. The van der Waals surface area contributed by atoms with E-state index < -0.39 is 18.5 Å². The van der Waals surface area contributed by atoms with Gasteiger partial charge in [-0.1, -0.05) is 36.4 Å². The fourth-order valence-corrected chi connectivity index (χ4v) is 4.17. The molecule has 1 fully saturated rings. The zero-order chi connectivity index (χ0) is 21.4. The van der Waals surface area contributed by atoms with Crippen molar-refractivity contribution < 1.29 is 33.5 Å². The minimum atomic E-state index is -0.990. The summed E-state index contributed by atoms with van der Waals surface area (Å²) in [6, 6.07) is 17.8. The summed E-state index contributed by atoms with van der Waals surface area (Å²) in [5.74, 6) is 2.10. The maximum absolute atomic E-state index is 10.7. The fraction of sp³-hybridized carbons (Fsp3) is 0.333. The Balaban J connectivity index is 1.48. The summed E-state index contributed by atoms with van der Waals surface area (Å²) in [6.45, 7) is 0.506. The molecular weight excluding hydrogens is 400 g/mol. The Bertz CT molecular complexity index is 1080. The van der Waals surface area contributed by atoms with Crippen molar-refractivity contribution >= 4 is 10.8 Å². The van der Waals surface area contributed by atoms with Crippen LogP contribution in [0.2, 0.25) is 0 Å². The Morgan fingerprint density at radius 3 is 2.52 bits per heavy atom. The Hall–Kier alpha value is -2.84. The highest BCUT2D eigenvalue weighted by Gasteiger charge is 2.41. The van der Waals surface area contributed by atoms with Crippen LogP contribution in [0.4, 0.5) is 0 Å². The first-order valence-corrected chi connectivity index (χ1v) is 10.1. The molecule has 1 saturated heterocycles. The van der Waals surface area contributed by atoms with Crippen molar-refractivity contribution in [1.82, 2.24) is 0 Å². The molecule has 3 aromatic carbocycles. The van der Waals surface area contributed by atoms with E-state index >= 15 is 0 Å². The van der Waals surface area contributed by atoms with Crippen molar-refractivity contribution in [2.75, 3.05) is 27.6 Å². The van der Waals surface area contributed by atoms with Crippen LogP contribution in [0.1, 0.15) is 0 Å². The van der Waals surface area contributed by atoms with E-state index in [4.69, 9.17) is 28.4 Å². The van der Waals surface area contributed by atoms with Gasteiger partial charge in [0.05, 0.1) is 6.61 Å². The molecule has 7 heteroatoms. The molecule has 0 spiro atoms. The van der Waals surface area contributed by atoms with Crippen molar-refractivity contribution in [1.29, 1.82) is 0 Å². The second-order valence-electron chi connectivity index (χ2n) is 7.51. The van der Waals surface area contributed by atoms with Crippen LogP contribution in [0.3, 0.4) is 0 Å². The molecule has 0 unspecified atom stereocenters. The molecule has 162 valence electrons. The Morgan fingerprint density at radius 2 is 1.71 bits per heavy atom. The zero-order valence-corrected chi connectivity index (χ0v) is 17.3. The highest BCUT2D eigenvalue weighted by atomic mass is 16.7. The third-order valence-corrected chi connectivity index (χ3v) is 5.79. The van der Waals surface area contributed by atoms with E-state index in [0.29, 0.717) is 5.75 Å². The van der Waals surface area contributed by atoms with Gasteiger partial charge in [0.15, 0.2) is 11.5 Å². The van der Waals surface area contributed by atoms with Crippen LogP contribution in [0.25, 0.3) is 21.9 Å². The first-order chi connectivity index (χ1) is 15.2. The van der Waals surface area contributed by atoms with Gasteiger partial charge in [-0.3, -0.25) is 0 Å². The number of hydrogen-bond donors (Lipinski definition) is 1. The molecule has 3 aromatic rings. The van der Waals surface area contributed by atoms with Crippen LogP contribution < -0.4 is 14.2 Å². The number of aliphatic hydroxyl groups excluding tert-OH is 1. The minimum absolute atomic E-state index is 0.239. The van der Waals surface area contributed by atoms with E-state index in [9.17, 15) is 5.11 Å². The summed E-state index contributed by atoms with van der Waals surface area (Å²) in [4.78, 5) is 0. The Morgan fingerprint density at radius 1 is 0.903 bits per heavy atom. The molecule has 0 aromatic heterocycles. The number of benzene rings is 3. The van der Waals surface area contributed by atoms with Gasteiger partial charge in [0.1, 0.15) is 24.1 Å². The van der Waals surface area contributed by atoms with E-state index in [1.165, 1.54) is 7.11 Å². The summed E-state index contributed by atoms with van der Waals surface area (Å²) >= 11 is 0. The summed E-state index contributed by atoms with van der Waals surface area (Å²) in [5.41, 5.74) is 2.06. The molecule has 4 atom stereocenters. The monoisotopic (exact) mass is 424 g/mol. The molecule has 0 bridgehead atoms. The predicted octanol–water partition coefficient (Wildman–Crippen LogP) is 3.36. The highest BCUT2D eigenvalue weighted by Crippen LogP contribution is 2.40. The van der Waals surface area contributed by atoms with Crippen molar-refractivity contribution in [2.24, 2.45) is 0 Å². The van der Waals surface area contributed by atoms with Gasteiger partial charge < -0.3 is 33.5 Å². The molecular formula is C24H24O7. The molecule has 2 aliphatic rings. The van der Waals surface area contributed by atoms with E-state index in [1.54, 1.807) is 7.11 Å². The average molecular weight is 424 g/mol. The average Bonchev–Trinajstić information content (AvgIpc) is 3.28. The maximum atomic E-state index is 10.7. The molecule has 0 aliphatic carbocycles. The van der Waals surface area contributed by atoms with Gasteiger partial charge in [0, 0.05) is 19.6 Å². The molecule has 1 N–H and O–H groups in total. The van der Waals surface area contributed by atoms with Crippen molar-refractivity contribution in [3.05, 3.63) is 54.6 Å². The third-order valence-electron chi connectivity index (χ3n) is 5.79. The molecule has 7 nitrogen and oxygen atoms in total. The SMILES string of the molecule is CO[C@@H]1[C@@H](O)[C@@H](Oc2ccc(-c3ccc4c(c3)OCO4)c3ccccc23)OC[C@H]1OC. The summed E-state index contributed by atoms with van der Waals surface area (Å²) in [6.07, 6.45) is -2.75. The molecule has 2 heterocycles. The molecule has 0 amide bonds. The van der Waals surface area contributed by atoms with E-state index in [2.05, 4.69) is 0 Å². The largest absolute Gasteiger partial charge is 0.461 e. The quantitative estimate of drug-likeness (QED) is 0.673. The van der Waals surface area contributed by atoms with Crippen LogP contribution in [-0.4, -0.2) is 57.3 Å². The lowest BCUT2D eigenvalue weighted by Gasteiger charge is -2.38. The van der Waals surface area contributed by atoms with Gasteiger partial charge >= 0.3 is 0 Å². The van der Waals surface area contributed by atoms with Crippen LogP contribution in [0.5, 0.6) is 17.2 Å². The van der Waals surface area contributed by atoms with E-state index in [0.717, 1.165) is 33.4 Å². The van der Waals surface area contributed by atoms with Crippen LogP contribution in [0.15, 0.2) is 54.6 Å². The second-order valence-corrected chi connectivity index (χ2v) is 7.51. The number of methoxy groups -OCH3 is 2. The number of fused-ring (bicyclic) bond motifs is 2. The Kier molecular flexibility index (Phi) is 5.41. The second kappa shape index (κ2) is 8.36. The number of rotatable bonds is 5. The van der Waals surface area contributed by atoms with Gasteiger partial charge in [-0.15, -0.1) is 0 Å². The summed E-state index contributed by atoms with van der Waals surface area (Å²) in [7, 11) is 3.11. The van der Waals surface area contributed by atoms with Gasteiger partial charge in [0.2, 0.25) is 13.1 Å². The lowest BCUT2D eigenvalue weighted by Crippen LogP contribution is -2.56. The van der Waals surface area contributed by atoms with Crippen molar-refractivity contribution in [3.63, 3.8) is 0 Å². The number of aliphatic hydroxyl groups is 1. The van der Waals surface area contributed by atoms with Gasteiger partial charge in [-0.05, 0) is 34.7 Å². The van der Waals surface area contributed by atoms with Gasteiger partial charge in [-0.2, -0.15) is 0 Å².